The molecule has 1 aliphatic carbocycles. The average Bonchev–Trinajstić information content (AvgIpc) is 3.67. The number of imidazole rings is 1. The van der Waals surface area contributed by atoms with E-state index in [1.54, 1.807) is 16.9 Å². The smallest absolute Gasteiger partial charge is 0.256 e. The number of carbonyl (C=O) groups is 2. The lowest BCUT2D eigenvalue weighted by Crippen LogP contribution is -2.33. The van der Waals surface area contributed by atoms with E-state index in [1.807, 2.05) is 30.0 Å². The Morgan fingerprint density at radius 2 is 2.00 bits per heavy atom. The molecule has 4 heterocycles. The second kappa shape index (κ2) is 9.37. The standard InChI is InChI=1S/C27H31N7O2/c1-17-30-21-10-8-18(15-22(21)31-17)9-11-25(35)33-14-4-7-23(33)24-12-13-28-26-20(16-29-34(24)26)27(36)32-19-5-2-3-6-19/h8,10,12-13,15-16,19,23H,2-7,9,11,14H2,1H3,(H,30,31)(H,32,36)/t23-/m1/s1. The number of aromatic amines is 1. The van der Waals surface area contributed by atoms with E-state index in [9.17, 15) is 9.59 Å². The second-order valence-electron chi connectivity index (χ2n) is 10.0. The summed E-state index contributed by atoms with van der Waals surface area (Å²) in [5.74, 6) is 0.902. The molecular weight excluding hydrogens is 454 g/mol. The number of amides is 2. The van der Waals surface area contributed by atoms with Gasteiger partial charge < -0.3 is 15.2 Å². The van der Waals surface area contributed by atoms with Gasteiger partial charge in [-0.3, -0.25) is 9.59 Å². The van der Waals surface area contributed by atoms with E-state index >= 15 is 0 Å². The molecule has 1 atom stereocenters. The molecule has 186 valence electrons. The molecule has 1 saturated heterocycles. The Labute approximate surface area is 209 Å². The molecule has 1 aromatic carbocycles. The van der Waals surface area contributed by atoms with Gasteiger partial charge >= 0.3 is 0 Å². The first kappa shape index (κ1) is 22.7. The fourth-order valence-electron chi connectivity index (χ4n) is 5.76. The zero-order chi connectivity index (χ0) is 24.6. The van der Waals surface area contributed by atoms with Crippen molar-refractivity contribution in [3.63, 3.8) is 0 Å². The van der Waals surface area contributed by atoms with Crippen LogP contribution in [0.25, 0.3) is 16.7 Å². The van der Waals surface area contributed by atoms with Crippen molar-refractivity contribution in [2.75, 3.05) is 6.54 Å². The predicted molar refractivity (Wildman–Crippen MR) is 136 cm³/mol. The maximum absolute atomic E-state index is 13.3. The molecule has 0 unspecified atom stereocenters. The highest BCUT2D eigenvalue weighted by molar-refractivity contribution is 5.99. The van der Waals surface area contributed by atoms with Crippen LogP contribution in [0.4, 0.5) is 0 Å². The van der Waals surface area contributed by atoms with Crippen LogP contribution in [0, 0.1) is 6.92 Å². The van der Waals surface area contributed by atoms with Crippen LogP contribution in [0.15, 0.2) is 36.7 Å². The molecule has 9 nitrogen and oxygen atoms in total. The van der Waals surface area contributed by atoms with Crippen molar-refractivity contribution < 1.29 is 9.59 Å². The average molecular weight is 486 g/mol. The molecule has 9 heteroatoms. The third kappa shape index (κ3) is 4.23. The topological polar surface area (TPSA) is 108 Å². The van der Waals surface area contributed by atoms with Gasteiger partial charge in [-0.15, -0.1) is 0 Å². The Bertz CT molecular complexity index is 1430. The number of aryl methyl sites for hydroxylation is 2. The van der Waals surface area contributed by atoms with Gasteiger partial charge in [-0.2, -0.15) is 5.10 Å². The highest BCUT2D eigenvalue weighted by atomic mass is 16.2. The summed E-state index contributed by atoms with van der Waals surface area (Å²) < 4.78 is 1.74. The highest BCUT2D eigenvalue weighted by Gasteiger charge is 2.32. The Kier molecular flexibility index (Phi) is 5.91. The lowest BCUT2D eigenvalue weighted by Gasteiger charge is -2.25. The molecule has 0 radical (unpaired) electrons. The molecular formula is C27H31N7O2. The van der Waals surface area contributed by atoms with Gasteiger partial charge in [0.1, 0.15) is 11.4 Å². The van der Waals surface area contributed by atoms with Crippen LogP contribution < -0.4 is 5.32 Å². The molecule has 2 fully saturated rings. The van der Waals surface area contributed by atoms with Crippen LogP contribution in [0.3, 0.4) is 0 Å². The Morgan fingerprint density at radius 3 is 2.86 bits per heavy atom. The minimum atomic E-state index is -0.120. The zero-order valence-electron chi connectivity index (χ0n) is 20.5. The predicted octanol–water partition coefficient (Wildman–Crippen LogP) is 3.88. The number of carbonyl (C=O) groups excluding carboxylic acids is 2. The van der Waals surface area contributed by atoms with Crippen molar-refractivity contribution in [2.24, 2.45) is 0 Å². The number of H-pyrrole nitrogens is 1. The van der Waals surface area contributed by atoms with Gasteiger partial charge in [-0.05, 0) is 62.8 Å². The number of nitrogens with zero attached hydrogens (tertiary/aromatic N) is 5. The zero-order valence-corrected chi connectivity index (χ0v) is 20.5. The van der Waals surface area contributed by atoms with E-state index in [0.717, 1.165) is 73.2 Å². The molecule has 2 N–H and O–H groups in total. The Morgan fingerprint density at radius 1 is 1.14 bits per heavy atom. The number of likely N-dealkylation sites (tertiary alicyclic amines) is 1. The lowest BCUT2D eigenvalue weighted by atomic mass is 10.1. The Hall–Kier alpha value is -3.75. The summed E-state index contributed by atoms with van der Waals surface area (Å²) in [6, 6.07) is 8.21. The van der Waals surface area contributed by atoms with Gasteiger partial charge in [-0.1, -0.05) is 18.9 Å². The van der Waals surface area contributed by atoms with Crippen molar-refractivity contribution in [3.8, 4) is 0 Å². The van der Waals surface area contributed by atoms with Crippen molar-refractivity contribution in [1.82, 2.24) is 34.8 Å². The molecule has 4 aromatic rings. The number of aromatic nitrogens is 5. The minimum absolute atomic E-state index is 0.0774. The summed E-state index contributed by atoms with van der Waals surface area (Å²) in [5.41, 5.74) is 5.00. The van der Waals surface area contributed by atoms with Gasteiger partial charge in [0.15, 0.2) is 5.65 Å². The maximum Gasteiger partial charge on any atom is 0.256 e. The molecule has 0 bridgehead atoms. The maximum atomic E-state index is 13.3. The summed E-state index contributed by atoms with van der Waals surface area (Å²) in [5, 5.41) is 7.65. The largest absolute Gasteiger partial charge is 0.349 e. The van der Waals surface area contributed by atoms with Crippen LogP contribution in [-0.2, 0) is 11.2 Å². The van der Waals surface area contributed by atoms with Crippen LogP contribution in [-0.4, -0.2) is 53.9 Å². The third-order valence-electron chi connectivity index (χ3n) is 7.57. The molecule has 3 aromatic heterocycles. The summed E-state index contributed by atoms with van der Waals surface area (Å²) in [7, 11) is 0. The van der Waals surface area contributed by atoms with E-state index in [2.05, 4.69) is 31.4 Å². The number of hydrogen-bond acceptors (Lipinski definition) is 5. The first-order valence-corrected chi connectivity index (χ1v) is 12.9. The number of benzene rings is 1. The quantitative estimate of drug-likeness (QED) is 0.431. The van der Waals surface area contributed by atoms with Crippen LogP contribution in [0.2, 0.25) is 0 Å². The van der Waals surface area contributed by atoms with Crippen LogP contribution >= 0.6 is 0 Å². The Balaban J connectivity index is 1.18. The van der Waals surface area contributed by atoms with Crippen molar-refractivity contribution in [3.05, 3.63) is 59.3 Å². The van der Waals surface area contributed by atoms with Crippen LogP contribution in [0.1, 0.15) is 78.4 Å². The molecule has 2 amide bonds. The molecule has 36 heavy (non-hydrogen) atoms. The third-order valence-corrected chi connectivity index (χ3v) is 7.57. The summed E-state index contributed by atoms with van der Waals surface area (Å²) in [6.45, 7) is 2.67. The molecule has 2 aliphatic rings. The minimum Gasteiger partial charge on any atom is -0.349 e. The van der Waals surface area contributed by atoms with E-state index < -0.39 is 0 Å². The van der Waals surface area contributed by atoms with Gasteiger partial charge in [0, 0.05) is 25.2 Å². The first-order valence-electron chi connectivity index (χ1n) is 12.9. The highest BCUT2D eigenvalue weighted by Crippen LogP contribution is 2.33. The molecule has 1 aliphatic heterocycles. The number of hydrogen-bond donors (Lipinski definition) is 2. The number of nitrogens with one attached hydrogen (secondary N) is 2. The summed E-state index contributed by atoms with van der Waals surface area (Å²) >= 11 is 0. The van der Waals surface area contributed by atoms with Crippen molar-refractivity contribution >= 4 is 28.5 Å². The van der Waals surface area contributed by atoms with Crippen molar-refractivity contribution in [1.29, 1.82) is 0 Å². The second-order valence-corrected chi connectivity index (χ2v) is 10.0. The van der Waals surface area contributed by atoms with Gasteiger partial charge in [0.05, 0.1) is 29.0 Å². The first-order chi connectivity index (χ1) is 17.6. The van der Waals surface area contributed by atoms with E-state index in [4.69, 9.17) is 0 Å². The monoisotopic (exact) mass is 485 g/mol. The lowest BCUT2D eigenvalue weighted by molar-refractivity contribution is -0.132. The van der Waals surface area contributed by atoms with E-state index in [-0.39, 0.29) is 23.9 Å². The number of rotatable bonds is 6. The van der Waals surface area contributed by atoms with Gasteiger partial charge in [-0.25, -0.2) is 14.5 Å². The van der Waals surface area contributed by atoms with Crippen LogP contribution in [0.5, 0.6) is 0 Å². The van der Waals surface area contributed by atoms with E-state index in [1.165, 1.54) is 0 Å². The summed E-state index contributed by atoms with van der Waals surface area (Å²) in [4.78, 5) is 40.4. The normalized spacial score (nSPS) is 18.5. The fourth-order valence-corrected chi connectivity index (χ4v) is 5.76. The molecule has 6 rings (SSSR count). The van der Waals surface area contributed by atoms with Gasteiger partial charge in [0.25, 0.3) is 5.91 Å². The fraction of sp³-hybridized carbons (Fsp3) is 0.444. The molecule has 1 saturated carbocycles. The van der Waals surface area contributed by atoms with Crippen molar-refractivity contribution in [2.45, 2.75) is 70.4 Å². The van der Waals surface area contributed by atoms with Gasteiger partial charge in [0.2, 0.25) is 5.91 Å². The number of fused-ring (bicyclic) bond motifs is 2. The SMILES string of the molecule is Cc1nc2ccc(CCC(=O)N3CCC[C@@H]3c3ccnc4c(C(=O)NC5CCCC5)cnn34)cc2[nH]1. The molecule has 0 spiro atoms. The summed E-state index contributed by atoms with van der Waals surface area (Å²) in [6.07, 6.45) is 10.6. The van der Waals surface area contributed by atoms with E-state index in [0.29, 0.717) is 24.1 Å².